The van der Waals surface area contributed by atoms with Crippen LogP contribution in [0.25, 0.3) is 0 Å². The highest BCUT2D eigenvalue weighted by Gasteiger charge is 2.34. The van der Waals surface area contributed by atoms with Crippen molar-refractivity contribution >= 4 is 11.9 Å². The highest BCUT2D eigenvalue weighted by molar-refractivity contribution is 6.07. The molecule has 1 heterocycles. The molecular weight excluding hydrogens is 132 g/mol. The summed E-state index contributed by atoms with van der Waals surface area (Å²) < 4.78 is 4.33. The molecule has 0 spiro atoms. The number of esters is 2. The van der Waals surface area contributed by atoms with Gasteiger partial charge in [-0.1, -0.05) is 6.08 Å². The smallest absolute Gasteiger partial charge is 0.342 e. The molecule has 0 bridgehead atoms. The fourth-order valence-corrected chi connectivity index (χ4v) is 0.910. The van der Waals surface area contributed by atoms with E-state index in [1.807, 2.05) is 0 Å². The predicted octanol–water partition coefficient (Wildman–Crippen LogP) is 0.652. The first-order valence-corrected chi connectivity index (χ1v) is 3.09. The van der Waals surface area contributed by atoms with E-state index < -0.39 is 11.9 Å². The molecule has 1 aliphatic rings. The normalized spacial score (nSPS) is 29.4. The summed E-state index contributed by atoms with van der Waals surface area (Å²) in [6, 6.07) is 0. The molecule has 10 heavy (non-hydrogen) atoms. The van der Waals surface area contributed by atoms with Crippen molar-refractivity contribution in [3.05, 3.63) is 11.6 Å². The summed E-state index contributed by atoms with van der Waals surface area (Å²) in [5.74, 6) is -1.32. The summed E-state index contributed by atoms with van der Waals surface area (Å²) >= 11 is 0. The third-order valence-electron chi connectivity index (χ3n) is 1.56. The topological polar surface area (TPSA) is 43.4 Å². The summed E-state index contributed by atoms with van der Waals surface area (Å²) in [4.78, 5) is 21.4. The van der Waals surface area contributed by atoms with Crippen LogP contribution < -0.4 is 0 Å². The van der Waals surface area contributed by atoms with E-state index >= 15 is 0 Å². The van der Waals surface area contributed by atoms with Crippen molar-refractivity contribution in [2.45, 2.75) is 13.8 Å². The molecule has 0 aromatic heterocycles. The first kappa shape index (κ1) is 6.99. The molecule has 3 nitrogen and oxygen atoms in total. The summed E-state index contributed by atoms with van der Waals surface area (Å²) in [5, 5.41) is 0. The van der Waals surface area contributed by atoms with Crippen LogP contribution in [0.15, 0.2) is 11.6 Å². The lowest BCUT2D eigenvalue weighted by atomic mass is 10.0. The van der Waals surface area contributed by atoms with Gasteiger partial charge in [0.1, 0.15) is 0 Å². The van der Waals surface area contributed by atoms with Gasteiger partial charge in [0.2, 0.25) is 0 Å². The first-order valence-electron chi connectivity index (χ1n) is 3.09. The molecule has 1 rings (SSSR count). The Morgan fingerprint density at radius 2 is 2.10 bits per heavy atom. The minimum atomic E-state index is -0.500. The summed E-state index contributed by atoms with van der Waals surface area (Å²) in [5.41, 5.74) is 0.463. The van der Waals surface area contributed by atoms with Crippen LogP contribution in [0.4, 0.5) is 0 Å². The number of ether oxygens (including phenoxy) is 1. The second-order valence-electron chi connectivity index (χ2n) is 2.17. The Morgan fingerprint density at radius 1 is 1.50 bits per heavy atom. The third kappa shape index (κ3) is 0.835. The van der Waals surface area contributed by atoms with E-state index in [1.54, 1.807) is 19.9 Å². The average molecular weight is 140 g/mol. The number of rotatable bonds is 0. The predicted molar refractivity (Wildman–Crippen MR) is 34.0 cm³/mol. The molecule has 1 aliphatic heterocycles. The van der Waals surface area contributed by atoms with Crippen LogP contribution in [0.1, 0.15) is 13.8 Å². The number of hydrogen-bond donors (Lipinski definition) is 0. The van der Waals surface area contributed by atoms with E-state index in [1.165, 1.54) is 0 Å². The van der Waals surface area contributed by atoms with Gasteiger partial charge in [0, 0.05) is 5.57 Å². The Bertz CT molecular complexity index is 215. The van der Waals surface area contributed by atoms with Gasteiger partial charge >= 0.3 is 11.9 Å². The van der Waals surface area contributed by atoms with Crippen LogP contribution in [0, 0.1) is 5.92 Å². The van der Waals surface area contributed by atoms with Crippen LogP contribution in [0.3, 0.4) is 0 Å². The van der Waals surface area contributed by atoms with Gasteiger partial charge in [0.25, 0.3) is 0 Å². The maximum Gasteiger partial charge on any atom is 0.342 e. The number of hydrogen-bond acceptors (Lipinski definition) is 3. The molecule has 1 saturated heterocycles. The van der Waals surface area contributed by atoms with Crippen LogP contribution in [-0.4, -0.2) is 11.9 Å². The molecule has 0 N–H and O–H groups in total. The highest BCUT2D eigenvalue weighted by Crippen LogP contribution is 2.21. The molecule has 0 aliphatic carbocycles. The van der Waals surface area contributed by atoms with Crippen molar-refractivity contribution in [3.8, 4) is 0 Å². The Kier molecular flexibility index (Phi) is 1.57. The van der Waals surface area contributed by atoms with E-state index in [0.717, 1.165) is 0 Å². The molecule has 0 radical (unpaired) electrons. The molecule has 1 unspecified atom stereocenters. The fourth-order valence-electron chi connectivity index (χ4n) is 0.910. The van der Waals surface area contributed by atoms with Gasteiger partial charge in [-0.15, -0.1) is 0 Å². The first-order chi connectivity index (χ1) is 4.66. The fraction of sp³-hybridized carbons (Fsp3) is 0.429. The van der Waals surface area contributed by atoms with Gasteiger partial charge in [-0.2, -0.15) is 0 Å². The minimum absolute atomic E-state index is 0.377. The van der Waals surface area contributed by atoms with E-state index in [2.05, 4.69) is 4.74 Å². The van der Waals surface area contributed by atoms with Crippen LogP contribution in [0.2, 0.25) is 0 Å². The Balaban J connectivity index is 2.95. The molecule has 0 amide bonds. The highest BCUT2D eigenvalue weighted by atomic mass is 16.6. The van der Waals surface area contributed by atoms with Crippen LogP contribution in [0.5, 0.6) is 0 Å². The average Bonchev–Trinajstić information content (AvgIpc) is 2.09. The largest absolute Gasteiger partial charge is 0.389 e. The number of allylic oxidation sites excluding steroid dienone is 1. The maximum absolute atomic E-state index is 10.7. The standard InChI is InChI=1S/C7H8O3/c1-3-5-4(2)6(8)10-7(5)9/h3-4H,1-2H3/b5-3+. The van der Waals surface area contributed by atoms with Crippen molar-refractivity contribution in [3.63, 3.8) is 0 Å². The molecule has 1 atom stereocenters. The molecule has 0 aromatic carbocycles. The van der Waals surface area contributed by atoms with Gasteiger partial charge in [0.05, 0.1) is 5.92 Å². The Hall–Kier alpha value is -1.12. The van der Waals surface area contributed by atoms with Crippen LogP contribution in [-0.2, 0) is 14.3 Å². The van der Waals surface area contributed by atoms with Crippen molar-refractivity contribution < 1.29 is 14.3 Å². The van der Waals surface area contributed by atoms with E-state index in [-0.39, 0.29) is 5.92 Å². The lowest BCUT2D eigenvalue weighted by molar-refractivity contribution is -0.152. The lowest BCUT2D eigenvalue weighted by Crippen LogP contribution is -2.02. The molecule has 3 heteroatoms. The Morgan fingerprint density at radius 3 is 2.30 bits per heavy atom. The monoisotopic (exact) mass is 140 g/mol. The van der Waals surface area contributed by atoms with Gasteiger partial charge in [-0.25, -0.2) is 4.79 Å². The van der Waals surface area contributed by atoms with E-state index in [4.69, 9.17) is 0 Å². The zero-order valence-corrected chi connectivity index (χ0v) is 5.88. The number of carbonyl (C=O) groups is 2. The van der Waals surface area contributed by atoms with Crippen molar-refractivity contribution in [2.24, 2.45) is 5.92 Å². The summed E-state index contributed by atoms with van der Waals surface area (Å²) in [6.45, 7) is 3.37. The zero-order chi connectivity index (χ0) is 7.72. The second kappa shape index (κ2) is 2.25. The van der Waals surface area contributed by atoms with Crippen molar-refractivity contribution in [2.75, 3.05) is 0 Å². The third-order valence-corrected chi connectivity index (χ3v) is 1.56. The van der Waals surface area contributed by atoms with Crippen molar-refractivity contribution in [1.82, 2.24) is 0 Å². The number of cyclic esters (lactones) is 2. The van der Waals surface area contributed by atoms with Crippen molar-refractivity contribution in [1.29, 1.82) is 0 Å². The maximum atomic E-state index is 10.7. The Labute approximate surface area is 58.7 Å². The number of carbonyl (C=O) groups excluding carboxylic acids is 2. The second-order valence-corrected chi connectivity index (χ2v) is 2.17. The molecule has 54 valence electrons. The van der Waals surface area contributed by atoms with Gasteiger partial charge in [-0.3, -0.25) is 4.79 Å². The minimum Gasteiger partial charge on any atom is -0.389 e. The lowest BCUT2D eigenvalue weighted by Gasteiger charge is -1.91. The zero-order valence-electron chi connectivity index (χ0n) is 5.88. The van der Waals surface area contributed by atoms with Gasteiger partial charge < -0.3 is 4.74 Å². The molecule has 0 aromatic rings. The van der Waals surface area contributed by atoms with Gasteiger partial charge in [-0.05, 0) is 13.8 Å². The molecule has 0 saturated carbocycles. The quantitative estimate of drug-likeness (QED) is 0.282. The van der Waals surface area contributed by atoms with Crippen LogP contribution >= 0.6 is 0 Å². The van der Waals surface area contributed by atoms with E-state index in [9.17, 15) is 9.59 Å². The van der Waals surface area contributed by atoms with Gasteiger partial charge in [0.15, 0.2) is 0 Å². The SMILES string of the molecule is C/C=C1/C(=O)OC(=O)C1C. The molecule has 1 fully saturated rings. The summed E-state index contributed by atoms with van der Waals surface area (Å²) in [6.07, 6.45) is 1.61. The summed E-state index contributed by atoms with van der Waals surface area (Å²) in [7, 11) is 0. The van der Waals surface area contributed by atoms with E-state index in [0.29, 0.717) is 5.57 Å². The molecular formula is C7H8O3.